The molecule has 0 spiro atoms. The van der Waals surface area contributed by atoms with Crippen molar-refractivity contribution in [3.63, 3.8) is 0 Å². The molecule has 0 aliphatic heterocycles. The monoisotopic (exact) mass is 346 g/mol. The van der Waals surface area contributed by atoms with Crippen molar-refractivity contribution in [2.75, 3.05) is 5.32 Å². The fourth-order valence-corrected chi connectivity index (χ4v) is 2.76. The molecule has 0 aliphatic rings. The molecule has 0 fully saturated rings. The first-order chi connectivity index (χ1) is 12.5. The predicted octanol–water partition coefficient (Wildman–Crippen LogP) is 4.75. The van der Waals surface area contributed by atoms with E-state index in [2.05, 4.69) is 5.32 Å². The van der Waals surface area contributed by atoms with Gasteiger partial charge in [0, 0.05) is 17.7 Å². The number of benzene rings is 3. The lowest BCUT2D eigenvalue weighted by atomic mass is 9.99. The van der Waals surface area contributed by atoms with E-state index >= 15 is 0 Å². The molecule has 1 N–H and O–H groups in total. The number of hydrogen-bond acceptors (Lipinski definition) is 3. The van der Waals surface area contributed by atoms with E-state index in [0.29, 0.717) is 17.7 Å². The Morgan fingerprint density at radius 3 is 2.42 bits per heavy atom. The minimum Gasteiger partial charge on any atom is -0.321 e. The van der Waals surface area contributed by atoms with Gasteiger partial charge in [0.1, 0.15) is 0 Å². The molecule has 0 bridgehead atoms. The zero-order chi connectivity index (χ0) is 18.5. The summed E-state index contributed by atoms with van der Waals surface area (Å²) in [6.45, 7) is 1.80. The van der Waals surface area contributed by atoms with E-state index in [1.165, 1.54) is 12.1 Å². The largest absolute Gasteiger partial charge is 0.321 e. The second kappa shape index (κ2) is 7.61. The van der Waals surface area contributed by atoms with Crippen molar-refractivity contribution in [3.8, 4) is 0 Å². The van der Waals surface area contributed by atoms with Crippen molar-refractivity contribution in [2.24, 2.45) is 0 Å². The van der Waals surface area contributed by atoms with Gasteiger partial charge in [-0.15, -0.1) is 0 Å². The number of aryl methyl sites for hydroxylation is 1. The van der Waals surface area contributed by atoms with E-state index in [4.69, 9.17) is 0 Å². The number of nitrogens with zero attached hydrogens (tertiary/aromatic N) is 1. The number of nitro groups is 1. The van der Waals surface area contributed by atoms with Crippen molar-refractivity contribution < 1.29 is 9.72 Å². The Labute approximate surface area is 151 Å². The molecule has 0 radical (unpaired) electrons. The number of anilines is 1. The molecule has 1 amide bonds. The number of amides is 1. The first-order valence-corrected chi connectivity index (χ1v) is 8.23. The smallest absolute Gasteiger partial charge is 0.271 e. The summed E-state index contributed by atoms with van der Waals surface area (Å²) in [5.41, 5.74) is 3.73. The summed E-state index contributed by atoms with van der Waals surface area (Å²) < 4.78 is 0. The fourth-order valence-electron chi connectivity index (χ4n) is 2.76. The highest BCUT2D eigenvalue weighted by Gasteiger charge is 2.15. The molecule has 26 heavy (non-hydrogen) atoms. The summed E-state index contributed by atoms with van der Waals surface area (Å²) in [5, 5.41) is 13.8. The number of carbonyl (C=O) groups excluding carboxylic acids is 1. The summed E-state index contributed by atoms with van der Waals surface area (Å²) in [6, 6.07) is 21.7. The van der Waals surface area contributed by atoms with Gasteiger partial charge in [-0.2, -0.15) is 0 Å². The molecule has 5 nitrogen and oxygen atoms in total. The summed E-state index contributed by atoms with van der Waals surface area (Å²) >= 11 is 0. The van der Waals surface area contributed by atoms with Gasteiger partial charge in [-0.1, -0.05) is 54.6 Å². The van der Waals surface area contributed by atoms with Gasteiger partial charge in [-0.05, 0) is 36.1 Å². The Bertz CT molecular complexity index is 952. The number of carbonyl (C=O) groups is 1. The maximum atomic E-state index is 12.8. The highest BCUT2D eigenvalue weighted by atomic mass is 16.6. The summed E-state index contributed by atoms with van der Waals surface area (Å²) in [4.78, 5) is 23.3. The molecule has 3 aromatic carbocycles. The van der Waals surface area contributed by atoms with Gasteiger partial charge in [0.05, 0.1) is 10.6 Å². The predicted molar refractivity (Wildman–Crippen MR) is 101 cm³/mol. The number of rotatable bonds is 5. The van der Waals surface area contributed by atoms with Crippen LogP contribution in [0.4, 0.5) is 11.4 Å². The maximum absolute atomic E-state index is 12.8. The van der Waals surface area contributed by atoms with Crippen molar-refractivity contribution in [3.05, 3.63) is 105 Å². The van der Waals surface area contributed by atoms with Crippen LogP contribution in [0, 0.1) is 17.0 Å². The molecule has 130 valence electrons. The molecular weight excluding hydrogens is 328 g/mol. The Morgan fingerprint density at radius 1 is 1.00 bits per heavy atom. The fraction of sp³-hybridized carbons (Fsp3) is 0.0952. The van der Waals surface area contributed by atoms with Crippen molar-refractivity contribution in [1.29, 1.82) is 0 Å². The molecule has 0 aliphatic carbocycles. The van der Waals surface area contributed by atoms with Gasteiger partial charge in [0.2, 0.25) is 0 Å². The van der Waals surface area contributed by atoms with Gasteiger partial charge in [0.15, 0.2) is 0 Å². The Balaban J connectivity index is 1.87. The summed E-state index contributed by atoms with van der Waals surface area (Å²) in [5.74, 6) is -0.278. The molecule has 0 atom stereocenters. The lowest BCUT2D eigenvalue weighted by molar-refractivity contribution is -0.384. The third-order valence-electron chi connectivity index (χ3n) is 4.18. The lowest BCUT2D eigenvalue weighted by Gasteiger charge is -2.12. The second-order valence-electron chi connectivity index (χ2n) is 6.03. The first-order valence-electron chi connectivity index (χ1n) is 8.23. The van der Waals surface area contributed by atoms with Crippen LogP contribution in [0.2, 0.25) is 0 Å². The van der Waals surface area contributed by atoms with Gasteiger partial charge in [-0.25, -0.2) is 0 Å². The number of nitrogens with one attached hydrogen (secondary N) is 1. The van der Waals surface area contributed by atoms with Gasteiger partial charge in [-0.3, -0.25) is 14.9 Å². The Kier molecular flexibility index (Phi) is 5.08. The van der Waals surface area contributed by atoms with E-state index in [9.17, 15) is 14.9 Å². The van der Waals surface area contributed by atoms with E-state index in [1.54, 1.807) is 19.1 Å². The minimum atomic E-state index is -0.474. The Hall–Kier alpha value is -3.47. The van der Waals surface area contributed by atoms with E-state index in [1.807, 2.05) is 48.5 Å². The van der Waals surface area contributed by atoms with Crippen molar-refractivity contribution >= 4 is 17.3 Å². The lowest BCUT2D eigenvalue weighted by Crippen LogP contribution is -2.15. The van der Waals surface area contributed by atoms with Crippen LogP contribution in [-0.2, 0) is 6.42 Å². The average molecular weight is 346 g/mol. The third kappa shape index (κ3) is 3.95. The van der Waals surface area contributed by atoms with E-state index in [-0.39, 0.29) is 11.6 Å². The Morgan fingerprint density at radius 2 is 1.69 bits per heavy atom. The third-order valence-corrected chi connectivity index (χ3v) is 4.18. The number of nitro benzene ring substituents is 1. The normalized spacial score (nSPS) is 10.3. The molecule has 0 heterocycles. The van der Waals surface area contributed by atoms with Crippen LogP contribution in [0.5, 0.6) is 0 Å². The van der Waals surface area contributed by atoms with Crippen LogP contribution >= 0.6 is 0 Å². The first kappa shape index (κ1) is 17.4. The number of hydrogen-bond donors (Lipinski definition) is 1. The SMILES string of the molecule is Cc1ccc([N+](=O)[O-])cc1NC(=O)c1ccccc1Cc1ccccc1. The molecule has 0 unspecified atom stereocenters. The molecular formula is C21H18N2O3. The van der Waals surface area contributed by atoms with Gasteiger partial charge >= 0.3 is 0 Å². The average Bonchev–Trinajstić information content (AvgIpc) is 2.64. The zero-order valence-corrected chi connectivity index (χ0v) is 14.3. The maximum Gasteiger partial charge on any atom is 0.271 e. The quantitative estimate of drug-likeness (QED) is 0.535. The topological polar surface area (TPSA) is 72.2 Å². The molecule has 0 saturated carbocycles. The highest BCUT2D eigenvalue weighted by molar-refractivity contribution is 6.05. The van der Waals surface area contributed by atoms with Crippen LogP contribution in [0.1, 0.15) is 27.0 Å². The molecule has 0 aromatic heterocycles. The van der Waals surface area contributed by atoms with Crippen LogP contribution in [-0.4, -0.2) is 10.8 Å². The zero-order valence-electron chi connectivity index (χ0n) is 14.3. The van der Waals surface area contributed by atoms with Crippen LogP contribution < -0.4 is 5.32 Å². The molecule has 0 saturated heterocycles. The van der Waals surface area contributed by atoms with Crippen LogP contribution in [0.25, 0.3) is 0 Å². The van der Waals surface area contributed by atoms with Crippen LogP contribution in [0.15, 0.2) is 72.8 Å². The molecule has 5 heteroatoms. The van der Waals surface area contributed by atoms with Gasteiger partial charge < -0.3 is 5.32 Å². The summed E-state index contributed by atoms with van der Waals surface area (Å²) in [6.07, 6.45) is 0.637. The standard InChI is InChI=1S/C21H18N2O3/c1-15-11-12-18(23(25)26)14-20(15)22-21(24)19-10-6-5-9-17(19)13-16-7-3-2-4-8-16/h2-12,14H,13H2,1H3,(H,22,24). The van der Waals surface area contributed by atoms with Gasteiger partial charge in [0.25, 0.3) is 11.6 Å². The van der Waals surface area contributed by atoms with E-state index < -0.39 is 4.92 Å². The number of non-ortho nitro benzene ring substituents is 1. The van der Waals surface area contributed by atoms with Crippen molar-refractivity contribution in [2.45, 2.75) is 13.3 Å². The molecule has 3 rings (SSSR count). The molecule has 3 aromatic rings. The van der Waals surface area contributed by atoms with Crippen molar-refractivity contribution in [1.82, 2.24) is 0 Å². The highest BCUT2D eigenvalue weighted by Crippen LogP contribution is 2.23. The second-order valence-corrected chi connectivity index (χ2v) is 6.03. The summed E-state index contributed by atoms with van der Waals surface area (Å²) in [7, 11) is 0. The minimum absolute atomic E-state index is 0.0523. The van der Waals surface area contributed by atoms with Crippen LogP contribution in [0.3, 0.4) is 0 Å². The van der Waals surface area contributed by atoms with E-state index in [0.717, 1.165) is 16.7 Å².